The molecular weight excluding hydrogens is 228 g/mol. The second-order valence-corrected chi connectivity index (χ2v) is 4.29. The van der Waals surface area contributed by atoms with E-state index in [0.717, 1.165) is 29.9 Å². The molecule has 0 saturated heterocycles. The fraction of sp³-hybridized carbons (Fsp3) is 0.429. The van der Waals surface area contributed by atoms with Crippen LogP contribution in [-0.4, -0.2) is 30.3 Å². The first-order valence-corrected chi connectivity index (χ1v) is 6.27. The van der Waals surface area contributed by atoms with Gasteiger partial charge >= 0.3 is 0 Å². The van der Waals surface area contributed by atoms with E-state index in [-0.39, 0.29) is 5.91 Å². The Labute approximate surface area is 107 Å². The number of nitrogens with zero attached hydrogens (tertiary/aromatic N) is 2. The van der Waals surface area contributed by atoms with Crippen molar-refractivity contribution in [1.82, 2.24) is 5.01 Å². The van der Waals surface area contributed by atoms with E-state index in [9.17, 15) is 4.79 Å². The minimum atomic E-state index is 0.112. The van der Waals surface area contributed by atoms with Crippen molar-refractivity contribution in [2.75, 3.05) is 13.7 Å². The van der Waals surface area contributed by atoms with Crippen molar-refractivity contribution < 1.29 is 9.53 Å². The molecule has 18 heavy (non-hydrogen) atoms. The number of rotatable bonds is 4. The van der Waals surface area contributed by atoms with Gasteiger partial charge in [-0.15, -0.1) is 0 Å². The zero-order chi connectivity index (χ0) is 13.0. The van der Waals surface area contributed by atoms with Gasteiger partial charge in [-0.2, -0.15) is 5.10 Å². The van der Waals surface area contributed by atoms with E-state index in [4.69, 9.17) is 4.74 Å². The van der Waals surface area contributed by atoms with Gasteiger partial charge in [-0.25, -0.2) is 5.01 Å². The molecule has 1 aromatic rings. The summed E-state index contributed by atoms with van der Waals surface area (Å²) in [6.45, 7) is 2.70. The Bertz CT molecular complexity index is 451. The molecule has 0 spiro atoms. The lowest BCUT2D eigenvalue weighted by molar-refractivity contribution is -0.130. The van der Waals surface area contributed by atoms with E-state index in [2.05, 4.69) is 5.10 Å². The van der Waals surface area contributed by atoms with Crippen LogP contribution in [0.2, 0.25) is 0 Å². The molecular formula is C14H18N2O2. The molecule has 0 atom stereocenters. The van der Waals surface area contributed by atoms with Crippen LogP contribution in [0, 0.1) is 0 Å². The van der Waals surface area contributed by atoms with E-state index in [1.54, 1.807) is 12.1 Å². The summed E-state index contributed by atoms with van der Waals surface area (Å²) in [4.78, 5) is 11.7. The highest BCUT2D eigenvalue weighted by atomic mass is 16.5. The Balaban J connectivity index is 2.09. The molecule has 0 unspecified atom stereocenters. The van der Waals surface area contributed by atoms with Crippen LogP contribution in [0.3, 0.4) is 0 Å². The first kappa shape index (κ1) is 12.6. The second kappa shape index (κ2) is 5.67. The number of hydrogen-bond donors (Lipinski definition) is 0. The van der Waals surface area contributed by atoms with Crippen molar-refractivity contribution in [3.05, 3.63) is 29.8 Å². The number of amides is 1. The maximum atomic E-state index is 11.7. The van der Waals surface area contributed by atoms with Crippen LogP contribution >= 0.6 is 0 Å². The summed E-state index contributed by atoms with van der Waals surface area (Å²) in [5.74, 6) is 0.942. The number of methoxy groups -OCH3 is 1. The number of ether oxygens (including phenoxy) is 1. The van der Waals surface area contributed by atoms with Gasteiger partial charge in [0.05, 0.1) is 19.4 Å². The van der Waals surface area contributed by atoms with Gasteiger partial charge in [-0.3, -0.25) is 4.79 Å². The van der Waals surface area contributed by atoms with E-state index in [1.807, 2.05) is 31.2 Å². The van der Waals surface area contributed by atoms with Gasteiger partial charge in [0, 0.05) is 12.8 Å². The van der Waals surface area contributed by atoms with Crippen LogP contribution in [0.25, 0.3) is 0 Å². The maximum Gasteiger partial charge on any atom is 0.242 e. The van der Waals surface area contributed by atoms with Gasteiger partial charge < -0.3 is 4.74 Å². The van der Waals surface area contributed by atoms with Crippen molar-refractivity contribution in [3.8, 4) is 5.75 Å². The summed E-state index contributed by atoms with van der Waals surface area (Å²) >= 11 is 0. The molecule has 2 rings (SSSR count). The van der Waals surface area contributed by atoms with Crippen LogP contribution in [0.1, 0.15) is 31.7 Å². The van der Waals surface area contributed by atoms with E-state index < -0.39 is 0 Å². The van der Waals surface area contributed by atoms with Crippen LogP contribution in [0.5, 0.6) is 5.75 Å². The largest absolute Gasteiger partial charge is 0.497 e. The van der Waals surface area contributed by atoms with Gasteiger partial charge in [0.1, 0.15) is 5.75 Å². The summed E-state index contributed by atoms with van der Waals surface area (Å²) in [7, 11) is 1.65. The predicted molar refractivity (Wildman–Crippen MR) is 70.8 cm³/mol. The molecule has 96 valence electrons. The summed E-state index contributed by atoms with van der Waals surface area (Å²) in [6.07, 6.45) is 2.25. The first-order valence-electron chi connectivity index (χ1n) is 6.27. The van der Waals surface area contributed by atoms with E-state index in [1.165, 1.54) is 0 Å². The summed E-state index contributed by atoms with van der Waals surface area (Å²) in [6, 6.07) is 7.78. The van der Waals surface area contributed by atoms with Crippen molar-refractivity contribution in [1.29, 1.82) is 0 Å². The van der Waals surface area contributed by atoms with Crippen molar-refractivity contribution in [2.45, 2.75) is 26.2 Å². The highest BCUT2D eigenvalue weighted by Gasteiger charge is 2.20. The number of carbonyl (C=O) groups excluding carboxylic acids is 1. The van der Waals surface area contributed by atoms with Crippen molar-refractivity contribution in [3.63, 3.8) is 0 Å². The van der Waals surface area contributed by atoms with Gasteiger partial charge in [0.15, 0.2) is 0 Å². The minimum absolute atomic E-state index is 0.112. The molecule has 0 saturated carbocycles. The highest BCUT2D eigenvalue weighted by molar-refractivity contribution is 6.02. The summed E-state index contributed by atoms with van der Waals surface area (Å²) in [5.41, 5.74) is 2.03. The zero-order valence-corrected chi connectivity index (χ0v) is 10.8. The molecule has 0 N–H and O–H groups in total. The van der Waals surface area contributed by atoms with E-state index in [0.29, 0.717) is 13.0 Å². The Kier molecular flexibility index (Phi) is 3.97. The van der Waals surface area contributed by atoms with Crippen LogP contribution in [0.4, 0.5) is 0 Å². The molecule has 1 aromatic carbocycles. The molecule has 1 amide bonds. The molecule has 0 radical (unpaired) electrons. The number of hydrazone groups is 1. The quantitative estimate of drug-likeness (QED) is 0.818. The highest BCUT2D eigenvalue weighted by Crippen LogP contribution is 2.18. The molecule has 0 bridgehead atoms. The fourth-order valence-corrected chi connectivity index (χ4v) is 1.97. The average Bonchev–Trinajstić information content (AvgIpc) is 2.89. The molecule has 1 aliphatic heterocycles. The lowest BCUT2D eigenvalue weighted by Gasteiger charge is -2.09. The summed E-state index contributed by atoms with van der Waals surface area (Å²) in [5, 5.41) is 5.98. The molecule has 0 fully saturated rings. The second-order valence-electron chi connectivity index (χ2n) is 4.29. The number of carbonyl (C=O) groups is 1. The summed E-state index contributed by atoms with van der Waals surface area (Å²) < 4.78 is 5.12. The molecule has 0 aromatic heterocycles. The van der Waals surface area contributed by atoms with Crippen LogP contribution < -0.4 is 4.74 Å². The molecule has 1 aliphatic rings. The molecule has 4 heteroatoms. The molecule has 0 aliphatic carbocycles. The fourth-order valence-electron chi connectivity index (χ4n) is 1.97. The maximum absolute atomic E-state index is 11.7. The van der Waals surface area contributed by atoms with Gasteiger partial charge in [0.2, 0.25) is 5.91 Å². The average molecular weight is 246 g/mol. The van der Waals surface area contributed by atoms with Crippen LogP contribution in [0.15, 0.2) is 29.4 Å². The minimum Gasteiger partial charge on any atom is -0.497 e. The van der Waals surface area contributed by atoms with Crippen molar-refractivity contribution >= 4 is 11.6 Å². The van der Waals surface area contributed by atoms with Gasteiger partial charge in [0.25, 0.3) is 0 Å². The Morgan fingerprint density at radius 3 is 2.72 bits per heavy atom. The third kappa shape index (κ3) is 2.70. The topological polar surface area (TPSA) is 41.9 Å². The Hall–Kier alpha value is -1.84. The number of hydrogen-bond acceptors (Lipinski definition) is 3. The third-order valence-electron chi connectivity index (χ3n) is 2.98. The molecule has 1 heterocycles. The van der Waals surface area contributed by atoms with Crippen LogP contribution in [-0.2, 0) is 4.79 Å². The van der Waals surface area contributed by atoms with Gasteiger partial charge in [-0.1, -0.05) is 6.92 Å². The first-order chi connectivity index (χ1) is 8.74. The predicted octanol–water partition coefficient (Wildman–Crippen LogP) is 2.43. The normalized spacial score (nSPS) is 14.6. The molecule has 4 nitrogen and oxygen atoms in total. The van der Waals surface area contributed by atoms with Gasteiger partial charge in [-0.05, 0) is 36.2 Å². The smallest absolute Gasteiger partial charge is 0.242 e. The monoisotopic (exact) mass is 246 g/mol. The Morgan fingerprint density at radius 1 is 1.39 bits per heavy atom. The standard InChI is InChI=1S/C14H18N2O2/c1-3-4-14(17)16-10-9-13(15-16)11-5-7-12(18-2)8-6-11/h5-8H,3-4,9-10H2,1-2H3. The third-order valence-corrected chi connectivity index (χ3v) is 2.98. The van der Waals surface area contributed by atoms with Crippen molar-refractivity contribution in [2.24, 2.45) is 5.10 Å². The SMILES string of the molecule is CCCC(=O)N1CCC(c2ccc(OC)cc2)=N1. The number of benzene rings is 1. The lowest BCUT2D eigenvalue weighted by atomic mass is 10.1. The van der Waals surface area contributed by atoms with E-state index >= 15 is 0 Å². The zero-order valence-electron chi connectivity index (χ0n) is 10.8. The Morgan fingerprint density at radius 2 is 2.11 bits per heavy atom. The lowest BCUT2D eigenvalue weighted by Crippen LogP contribution is -2.22.